The topological polar surface area (TPSA) is 33.1 Å². The SMILES string of the molecule is Oc1cccc2cccnc12.c1ccc2cc3ccccc3cc2c1. The second-order valence-electron chi connectivity index (χ2n) is 5.90. The van der Waals surface area contributed by atoms with E-state index in [1.54, 1.807) is 18.3 Å². The number of aromatic nitrogens is 1. The van der Waals surface area contributed by atoms with Crippen LogP contribution in [0.5, 0.6) is 5.75 Å². The molecular formula is C23H17NO. The molecule has 5 aromatic rings. The quantitative estimate of drug-likeness (QED) is 0.358. The molecule has 1 aromatic heterocycles. The number of aromatic hydroxyl groups is 1. The Morgan fingerprint density at radius 3 is 1.52 bits per heavy atom. The van der Waals surface area contributed by atoms with Gasteiger partial charge < -0.3 is 5.11 Å². The minimum absolute atomic E-state index is 0.239. The predicted octanol–water partition coefficient (Wildman–Crippen LogP) is 5.93. The second kappa shape index (κ2) is 6.62. The Morgan fingerprint density at radius 2 is 1.00 bits per heavy atom. The van der Waals surface area contributed by atoms with E-state index in [4.69, 9.17) is 0 Å². The summed E-state index contributed by atoms with van der Waals surface area (Å²) < 4.78 is 0. The van der Waals surface area contributed by atoms with Crippen molar-refractivity contribution in [1.82, 2.24) is 4.98 Å². The molecule has 0 amide bonds. The first kappa shape index (κ1) is 15.2. The van der Waals surface area contributed by atoms with Crippen LogP contribution in [-0.2, 0) is 0 Å². The molecule has 0 spiro atoms. The molecule has 1 heterocycles. The molecule has 25 heavy (non-hydrogen) atoms. The lowest BCUT2D eigenvalue weighted by molar-refractivity contribution is 0.480. The van der Waals surface area contributed by atoms with Gasteiger partial charge in [-0.2, -0.15) is 0 Å². The first-order valence-electron chi connectivity index (χ1n) is 8.21. The van der Waals surface area contributed by atoms with Gasteiger partial charge in [-0.25, -0.2) is 0 Å². The van der Waals surface area contributed by atoms with Gasteiger partial charge >= 0.3 is 0 Å². The highest BCUT2D eigenvalue weighted by atomic mass is 16.3. The van der Waals surface area contributed by atoms with Crippen LogP contribution in [0.15, 0.2) is 97.2 Å². The highest BCUT2D eigenvalue weighted by molar-refractivity contribution is 5.98. The van der Waals surface area contributed by atoms with Gasteiger partial charge in [0.1, 0.15) is 11.3 Å². The molecule has 0 aliphatic heterocycles. The standard InChI is InChI=1S/C14H10.C9H7NO/c1-2-6-12-10-14-8-4-3-7-13(14)9-11(12)5-1;11-8-5-1-3-7-4-2-6-10-9(7)8/h1-10H;1-6,11H. The van der Waals surface area contributed by atoms with E-state index in [0.29, 0.717) is 5.52 Å². The molecule has 0 aliphatic carbocycles. The number of benzene rings is 4. The van der Waals surface area contributed by atoms with Crippen LogP contribution in [0.4, 0.5) is 0 Å². The largest absolute Gasteiger partial charge is 0.506 e. The zero-order valence-corrected chi connectivity index (χ0v) is 13.6. The molecule has 0 saturated carbocycles. The number of hydrogen-bond acceptors (Lipinski definition) is 2. The van der Waals surface area contributed by atoms with E-state index in [1.807, 2.05) is 18.2 Å². The average Bonchev–Trinajstić information content (AvgIpc) is 2.67. The van der Waals surface area contributed by atoms with Gasteiger partial charge in [0.2, 0.25) is 0 Å². The predicted molar refractivity (Wildman–Crippen MR) is 105 cm³/mol. The maximum Gasteiger partial charge on any atom is 0.141 e. The van der Waals surface area contributed by atoms with Gasteiger partial charge in [0.15, 0.2) is 0 Å². The van der Waals surface area contributed by atoms with Crippen molar-refractivity contribution in [2.75, 3.05) is 0 Å². The zero-order chi connectivity index (χ0) is 17.1. The van der Waals surface area contributed by atoms with Crippen molar-refractivity contribution in [3.8, 4) is 5.75 Å². The van der Waals surface area contributed by atoms with Gasteiger partial charge in [0.25, 0.3) is 0 Å². The van der Waals surface area contributed by atoms with Crippen LogP contribution in [0.25, 0.3) is 32.4 Å². The van der Waals surface area contributed by atoms with Crippen molar-refractivity contribution in [2.45, 2.75) is 0 Å². The fourth-order valence-corrected chi connectivity index (χ4v) is 2.97. The Hall–Kier alpha value is -3.39. The average molecular weight is 323 g/mol. The van der Waals surface area contributed by atoms with Crippen molar-refractivity contribution in [1.29, 1.82) is 0 Å². The summed E-state index contributed by atoms with van der Waals surface area (Å²) in [6.45, 7) is 0. The third-order valence-corrected chi connectivity index (χ3v) is 4.23. The molecular weight excluding hydrogens is 306 g/mol. The Kier molecular flexibility index (Phi) is 4.01. The molecule has 2 nitrogen and oxygen atoms in total. The smallest absolute Gasteiger partial charge is 0.141 e. The molecule has 0 unspecified atom stereocenters. The van der Waals surface area contributed by atoms with Crippen molar-refractivity contribution in [3.63, 3.8) is 0 Å². The number of phenols is 1. The van der Waals surface area contributed by atoms with E-state index < -0.39 is 0 Å². The highest BCUT2D eigenvalue weighted by Gasteiger charge is 1.96. The monoisotopic (exact) mass is 323 g/mol. The minimum Gasteiger partial charge on any atom is -0.506 e. The molecule has 4 aromatic carbocycles. The van der Waals surface area contributed by atoms with Crippen molar-refractivity contribution < 1.29 is 5.11 Å². The summed E-state index contributed by atoms with van der Waals surface area (Å²) in [5.41, 5.74) is 0.662. The number of rotatable bonds is 0. The van der Waals surface area contributed by atoms with E-state index in [9.17, 15) is 5.11 Å². The van der Waals surface area contributed by atoms with Gasteiger partial charge in [-0.15, -0.1) is 0 Å². The van der Waals surface area contributed by atoms with Crippen molar-refractivity contribution in [3.05, 3.63) is 97.2 Å². The molecule has 0 radical (unpaired) electrons. The number of hydrogen-bond donors (Lipinski definition) is 1. The Morgan fingerprint density at radius 1 is 0.520 bits per heavy atom. The summed E-state index contributed by atoms with van der Waals surface area (Å²) in [6, 6.07) is 30.5. The van der Waals surface area contributed by atoms with Gasteiger partial charge in [0, 0.05) is 11.6 Å². The third kappa shape index (κ3) is 3.15. The van der Waals surface area contributed by atoms with Crippen LogP contribution < -0.4 is 0 Å². The Bertz CT molecular complexity index is 1050. The van der Waals surface area contributed by atoms with E-state index >= 15 is 0 Å². The molecule has 0 aliphatic rings. The number of fused-ring (bicyclic) bond motifs is 3. The lowest BCUT2D eigenvalue weighted by Gasteiger charge is -2.00. The van der Waals surface area contributed by atoms with Crippen LogP contribution in [0, 0.1) is 0 Å². The fourth-order valence-electron chi connectivity index (χ4n) is 2.97. The van der Waals surface area contributed by atoms with Crippen LogP contribution in [0.2, 0.25) is 0 Å². The highest BCUT2D eigenvalue weighted by Crippen LogP contribution is 2.22. The summed E-state index contributed by atoms with van der Waals surface area (Å²) in [6.07, 6.45) is 1.67. The van der Waals surface area contributed by atoms with Gasteiger partial charge in [-0.1, -0.05) is 66.7 Å². The van der Waals surface area contributed by atoms with Crippen molar-refractivity contribution >= 4 is 32.4 Å². The molecule has 0 bridgehead atoms. The van der Waals surface area contributed by atoms with Crippen LogP contribution in [0.3, 0.4) is 0 Å². The summed E-state index contributed by atoms with van der Waals surface area (Å²) >= 11 is 0. The van der Waals surface area contributed by atoms with Crippen LogP contribution in [-0.4, -0.2) is 10.1 Å². The lowest BCUT2D eigenvalue weighted by Crippen LogP contribution is -1.76. The van der Waals surface area contributed by atoms with Crippen molar-refractivity contribution in [2.24, 2.45) is 0 Å². The van der Waals surface area contributed by atoms with E-state index in [0.717, 1.165) is 5.39 Å². The van der Waals surface area contributed by atoms with Gasteiger partial charge in [-0.05, 0) is 45.8 Å². The minimum atomic E-state index is 0.239. The fraction of sp³-hybridized carbons (Fsp3) is 0. The van der Waals surface area contributed by atoms with Crippen LogP contribution in [0.1, 0.15) is 0 Å². The summed E-state index contributed by atoms with van der Waals surface area (Å²) in [7, 11) is 0. The van der Waals surface area contributed by atoms with Gasteiger partial charge in [-0.3, -0.25) is 4.98 Å². The first-order chi connectivity index (χ1) is 12.3. The molecule has 1 N–H and O–H groups in total. The number of pyridine rings is 1. The molecule has 120 valence electrons. The Labute approximate surface area is 146 Å². The van der Waals surface area contributed by atoms with E-state index in [2.05, 4.69) is 65.6 Å². The lowest BCUT2D eigenvalue weighted by atomic mass is 10.0. The molecule has 2 heteroatoms. The number of para-hydroxylation sites is 1. The molecule has 5 rings (SSSR count). The normalized spacial score (nSPS) is 10.6. The maximum absolute atomic E-state index is 9.31. The number of nitrogens with zero attached hydrogens (tertiary/aromatic N) is 1. The van der Waals surface area contributed by atoms with Crippen LogP contribution >= 0.6 is 0 Å². The molecule has 0 atom stereocenters. The number of phenolic OH excluding ortho intramolecular Hbond substituents is 1. The second-order valence-corrected chi connectivity index (χ2v) is 5.90. The first-order valence-corrected chi connectivity index (χ1v) is 8.21. The van der Waals surface area contributed by atoms with E-state index in [1.165, 1.54) is 21.5 Å². The summed E-state index contributed by atoms with van der Waals surface area (Å²) in [5.74, 6) is 0.239. The summed E-state index contributed by atoms with van der Waals surface area (Å²) in [4.78, 5) is 4.03. The molecule has 0 saturated heterocycles. The maximum atomic E-state index is 9.31. The van der Waals surface area contributed by atoms with E-state index in [-0.39, 0.29) is 5.75 Å². The van der Waals surface area contributed by atoms with Gasteiger partial charge in [0.05, 0.1) is 0 Å². The zero-order valence-electron chi connectivity index (χ0n) is 13.6. The Balaban J connectivity index is 0.000000129. The molecule has 0 fully saturated rings. The summed E-state index contributed by atoms with van der Waals surface area (Å²) in [5, 5.41) is 15.5. The third-order valence-electron chi connectivity index (χ3n) is 4.23.